The molecule has 1 atom stereocenters. The smallest absolute Gasteiger partial charge is 0.170 e. The van der Waals surface area contributed by atoms with Crippen LogP contribution in [0.3, 0.4) is 0 Å². The maximum absolute atomic E-state index is 12.2. The first-order valence-electron chi connectivity index (χ1n) is 4.39. The van der Waals surface area contributed by atoms with Crippen molar-refractivity contribution in [3.05, 3.63) is 41.5 Å². The van der Waals surface area contributed by atoms with Gasteiger partial charge in [0.1, 0.15) is 0 Å². The van der Waals surface area contributed by atoms with Crippen molar-refractivity contribution in [2.24, 2.45) is 5.92 Å². The highest BCUT2D eigenvalue weighted by Gasteiger charge is 2.51. The Bertz CT molecular complexity index is 349. The second-order valence-electron chi connectivity index (χ2n) is 3.43. The zero-order chi connectivity index (χ0) is 10.2. The van der Waals surface area contributed by atoms with E-state index in [0.29, 0.717) is 5.57 Å². The van der Waals surface area contributed by atoms with Crippen molar-refractivity contribution in [3.63, 3.8) is 0 Å². The van der Waals surface area contributed by atoms with E-state index >= 15 is 0 Å². The number of hydrogen-bond acceptors (Lipinski definition) is 0. The normalized spacial score (nSPS) is 23.9. The lowest BCUT2D eigenvalue weighted by atomic mass is 10.2. The summed E-state index contributed by atoms with van der Waals surface area (Å²) in [4.78, 5) is 0. The van der Waals surface area contributed by atoms with Crippen LogP contribution >= 0.6 is 0 Å². The minimum absolute atomic E-state index is 0.165. The van der Waals surface area contributed by atoms with Crippen molar-refractivity contribution >= 4 is 6.08 Å². The molecule has 2 rings (SSSR count). The van der Waals surface area contributed by atoms with Gasteiger partial charge in [-0.1, -0.05) is 42.0 Å². The van der Waals surface area contributed by atoms with Crippen molar-refractivity contribution in [2.75, 3.05) is 0 Å². The third-order valence-electron chi connectivity index (χ3n) is 2.27. The molecule has 0 radical (unpaired) electrons. The summed E-state index contributed by atoms with van der Waals surface area (Å²) in [5, 5.41) is 0. The van der Waals surface area contributed by atoms with Gasteiger partial charge >= 0.3 is 6.18 Å². The standard InChI is InChI=1S/C11H9F3/c12-11(13,14)10-7-9(10)6-8-4-2-1-3-5-8/h1-6,10H,7H2/b9-6+/t10-/m0/s1. The SMILES string of the molecule is FC(F)(F)[C@H]1C/C1=C\c1ccccc1. The van der Waals surface area contributed by atoms with Crippen LogP contribution in [0.25, 0.3) is 6.08 Å². The summed E-state index contributed by atoms with van der Waals surface area (Å²) in [6, 6.07) is 9.09. The molecule has 0 bridgehead atoms. The molecule has 0 aliphatic heterocycles. The first-order chi connectivity index (χ1) is 6.57. The maximum Gasteiger partial charge on any atom is 0.395 e. The van der Waals surface area contributed by atoms with Crippen molar-refractivity contribution < 1.29 is 13.2 Å². The van der Waals surface area contributed by atoms with E-state index in [1.54, 1.807) is 18.2 Å². The first-order valence-corrected chi connectivity index (χ1v) is 4.39. The zero-order valence-electron chi connectivity index (χ0n) is 7.38. The van der Waals surface area contributed by atoms with Crippen LogP contribution in [-0.2, 0) is 0 Å². The molecular formula is C11H9F3. The molecule has 14 heavy (non-hydrogen) atoms. The largest absolute Gasteiger partial charge is 0.395 e. The lowest BCUT2D eigenvalue weighted by Crippen LogP contribution is -2.09. The van der Waals surface area contributed by atoms with Gasteiger partial charge in [-0.05, 0) is 12.0 Å². The average molecular weight is 198 g/mol. The van der Waals surface area contributed by atoms with Crippen LogP contribution in [0.4, 0.5) is 13.2 Å². The van der Waals surface area contributed by atoms with Crippen LogP contribution in [0.2, 0.25) is 0 Å². The van der Waals surface area contributed by atoms with E-state index in [2.05, 4.69) is 0 Å². The van der Waals surface area contributed by atoms with Gasteiger partial charge in [0.25, 0.3) is 0 Å². The summed E-state index contributed by atoms with van der Waals surface area (Å²) >= 11 is 0. The fourth-order valence-electron chi connectivity index (χ4n) is 1.43. The van der Waals surface area contributed by atoms with Crippen LogP contribution < -0.4 is 0 Å². The number of halogens is 3. The predicted molar refractivity (Wildman–Crippen MR) is 48.6 cm³/mol. The van der Waals surface area contributed by atoms with Crippen LogP contribution in [0, 0.1) is 5.92 Å². The Morgan fingerprint density at radius 1 is 1.14 bits per heavy atom. The van der Waals surface area contributed by atoms with Crippen LogP contribution in [0.15, 0.2) is 35.9 Å². The van der Waals surface area contributed by atoms with Gasteiger partial charge in [-0.2, -0.15) is 13.2 Å². The number of allylic oxidation sites excluding steroid dienone is 1. The summed E-state index contributed by atoms with van der Waals surface area (Å²) in [5.74, 6) is -1.19. The zero-order valence-corrected chi connectivity index (χ0v) is 7.38. The molecule has 0 aromatic heterocycles. The van der Waals surface area contributed by atoms with E-state index in [4.69, 9.17) is 0 Å². The molecule has 0 saturated heterocycles. The van der Waals surface area contributed by atoms with E-state index in [1.807, 2.05) is 18.2 Å². The van der Waals surface area contributed by atoms with Crippen LogP contribution in [-0.4, -0.2) is 6.18 Å². The monoisotopic (exact) mass is 198 g/mol. The molecule has 0 spiro atoms. The van der Waals surface area contributed by atoms with Crippen LogP contribution in [0.1, 0.15) is 12.0 Å². The molecule has 1 aliphatic rings. The fourth-order valence-corrected chi connectivity index (χ4v) is 1.43. The summed E-state index contributed by atoms with van der Waals surface area (Å²) in [6.07, 6.45) is -2.27. The molecule has 0 nitrogen and oxygen atoms in total. The second kappa shape index (κ2) is 3.15. The van der Waals surface area contributed by atoms with E-state index < -0.39 is 12.1 Å². The topological polar surface area (TPSA) is 0 Å². The molecule has 3 heteroatoms. The van der Waals surface area contributed by atoms with Crippen LogP contribution in [0.5, 0.6) is 0 Å². The van der Waals surface area contributed by atoms with Gasteiger partial charge in [-0.15, -0.1) is 0 Å². The Hall–Kier alpha value is -1.25. The van der Waals surface area contributed by atoms with Gasteiger partial charge in [0.2, 0.25) is 0 Å². The molecule has 1 aliphatic carbocycles. The summed E-state index contributed by atoms with van der Waals surface area (Å²) in [7, 11) is 0. The molecule has 1 saturated carbocycles. The molecule has 74 valence electrons. The Morgan fingerprint density at radius 3 is 2.29 bits per heavy atom. The number of alkyl halides is 3. The molecule has 1 fully saturated rings. The number of benzene rings is 1. The molecule has 0 amide bonds. The molecule has 1 aromatic carbocycles. The van der Waals surface area contributed by atoms with Crippen molar-refractivity contribution in [1.82, 2.24) is 0 Å². The van der Waals surface area contributed by atoms with Gasteiger partial charge in [0.05, 0.1) is 5.92 Å². The molecule has 0 N–H and O–H groups in total. The van der Waals surface area contributed by atoms with Gasteiger partial charge in [-0.25, -0.2) is 0 Å². The van der Waals surface area contributed by atoms with Gasteiger partial charge < -0.3 is 0 Å². The maximum atomic E-state index is 12.2. The minimum atomic E-state index is -4.05. The van der Waals surface area contributed by atoms with Crippen molar-refractivity contribution in [1.29, 1.82) is 0 Å². The Morgan fingerprint density at radius 2 is 1.79 bits per heavy atom. The Labute approximate surface area is 80.1 Å². The first kappa shape index (κ1) is 9.31. The third-order valence-corrected chi connectivity index (χ3v) is 2.27. The molecule has 1 aromatic rings. The summed E-state index contributed by atoms with van der Waals surface area (Å²) in [5.41, 5.74) is 1.33. The van der Waals surface area contributed by atoms with E-state index in [9.17, 15) is 13.2 Å². The van der Waals surface area contributed by atoms with Gasteiger partial charge in [0.15, 0.2) is 0 Å². The summed E-state index contributed by atoms with van der Waals surface area (Å²) < 4.78 is 36.5. The quantitative estimate of drug-likeness (QED) is 0.646. The predicted octanol–water partition coefficient (Wildman–Crippen LogP) is 3.65. The highest BCUT2D eigenvalue weighted by Crippen LogP contribution is 2.50. The lowest BCUT2D eigenvalue weighted by Gasteiger charge is -2.00. The lowest BCUT2D eigenvalue weighted by molar-refractivity contribution is -0.143. The van der Waals surface area contributed by atoms with Crippen molar-refractivity contribution in [2.45, 2.75) is 12.6 Å². The van der Waals surface area contributed by atoms with E-state index in [1.165, 1.54) is 0 Å². The second-order valence-corrected chi connectivity index (χ2v) is 3.43. The Balaban J connectivity index is 2.10. The highest BCUT2D eigenvalue weighted by molar-refractivity contribution is 5.57. The fraction of sp³-hybridized carbons (Fsp3) is 0.273. The van der Waals surface area contributed by atoms with E-state index in [0.717, 1.165) is 5.56 Å². The third kappa shape index (κ3) is 1.97. The van der Waals surface area contributed by atoms with Gasteiger partial charge in [-0.3, -0.25) is 0 Å². The highest BCUT2D eigenvalue weighted by atomic mass is 19.4. The minimum Gasteiger partial charge on any atom is -0.170 e. The Kier molecular flexibility index (Phi) is 2.10. The van der Waals surface area contributed by atoms with Crippen molar-refractivity contribution in [3.8, 4) is 0 Å². The number of hydrogen-bond donors (Lipinski definition) is 0. The number of rotatable bonds is 1. The van der Waals surface area contributed by atoms with E-state index in [-0.39, 0.29) is 6.42 Å². The molecule has 0 heterocycles. The van der Waals surface area contributed by atoms with Gasteiger partial charge in [0, 0.05) is 0 Å². The summed E-state index contributed by atoms with van der Waals surface area (Å²) in [6.45, 7) is 0. The average Bonchev–Trinajstić information content (AvgIpc) is 2.85. The molecule has 0 unspecified atom stereocenters. The molecular weight excluding hydrogens is 189 g/mol.